The number of hydrogen-bond donors (Lipinski definition) is 1. The van der Waals surface area contributed by atoms with Gasteiger partial charge in [-0.1, -0.05) is 81.8 Å². The minimum absolute atomic E-state index is 0.125. The van der Waals surface area contributed by atoms with Gasteiger partial charge < -0.3 is 14.1 Å². The SMILES string of the molecule is CC(C)(C)c1ccc([Si](OC2CC(CN3CCCC[C@@H]3COc3ccc4c(c3)CN(C3CCC(=O)NC3=O)C4=O)C2)c2ccccc2)cc1. The third-order valence-corrected chi connectivity index (χ3v) is 13.0. The van der Waals surface area contributed by atoms with E-state index in [1.807, 2.05) is 18.2 Å². The molecule has 257 valence electrons. The summed E-state index contributed by atoms with van der Waals surface area (Å²) in [6.07, 6.45) is 6.61. The number of rotatable bonds is 10. The largest absolute Gasteiger partial charge is 0.492 e. The molecule has 1 saturated carbocycles. The first-order valence-electron chi connectivity index (χ1n) is 18.0. The first-order chi connectivity index (χ1) is 23.6. The molecule has 1 aliphatic carbocycles. The molecule has 1 N–H and O–H groups in total. The fraction of sp³-hybridized carbons (Fsp3) is 0.475. The van der Waals surface area contributed by atoms with Gasteiger partial charge >= 0.3 is 0 Å². The van der Waals surface area contributed by atoms with Crippen LogP contribution in [0.15, 0.2) is 72.8 Å². The summed E-state index contributed by atoms with van der Waals surface area (Å²) >= 11 is 0. The van der Waals surface area contributed by atoms with E-state index in [1.54, 1.807) is 4.90 Å². The van der Waals surface area contributed by atoms with Gasteiger partial charge in [0.1, 0.15) is 18.4 Å². The predicted molar refractivity (Wildman–Crippen MR) is 191 cm³/mol. The lowest BCUT2D eigenvalue weighted by molar-refractivity contribution is -0.136. The van der Waals surface area contributed by atoms with Gasteiger partial charge in [-0.25, -0.2) is 0 Å². The van der Waals surface area contributed by atoms with E-state index in [2.05, 4.69) is 85.6 Å². The summed E-state index contributed by atoms with van der Waals surface area (Å²) in [6, 6.07) is 25.2. The third-order valence-electron chi connectivity index (χ3n) is 10.7. The van der Waals surface area contributed by atoms with Crippen LogP contribution in [0.25, 0.3) is 0 Å². The van der Waals surface area contributed by atoms with Gasteiger partial charge in [0, 0.05) is 37.2 Å². The van der Waals surface area contributed by atoms with Crippen LogP contribution in [0.4, 0.5) is 0 Å². The van der Waals surface area contributed by atoms with E-state index < -0.39 is 15.1 Å². The molecule has 2 atom stereocenters. The maximum absolute atomic E-state index is 13.1. The Labute approximate surface area is 291 Å². The number of imide groups is 1. The number of carbonyl (C=O) groups is 3. The van der Waals surface area contributed by atoms with Gasteiger partial charge in [0.15, 0.2) is 0 Å². The number of ether oxygens (including phenoxy) is 1. The van der Waals surface area contributed by atoms with Crippen molar-refractivity contribution in [1.82, 2.24) is 15.1 Å². The van der Waals surface area contributed by atoms with Gasteiger partial charge in [-0.3, -0.25) is 24.6 Å². The number of nitrogens with one attached hydrogen (secondary N) is 1. The van der Waals surface area contributed by atoms with Crippen molar-refractivity contribution in [2.24, 2.45) is 5.92 Å². The molecule has 3 amide bonds. The Morgan fingerprint density at radius 1 is 0.898 bits per heavy atom. The van der Waals surface area contributed by atoms with E-state index in [4.69, 9.17) is 9.16 Å². The normalized spacial score (nSPS) is 24.5. The van der Waals surface area contributed by atoms with E-state index in [0.717, 1.165) is 43.7 Å². The lowest BCUT2D eigenvalue weighted by atomic mass is 9.81. The molecule has 3 aromatic carbocycles. The molecular weight excluding hydrogens is 631 g/mol. The van der Waals surface area contributed by atoms with E-state index in [-0.39, 0.29) is 35.7 Å². The van der Waals surface area contributed by atoms with Crippen LogP contribution >= 0.6 is 0 Å². The van der Waals surface area contributed by atoms with Gasteiger partial charge in [-0.05, 0) is 89.7 Å². The summed E-state index contributed by atoms with van der Waals surface area (Å²) in [4.78, 5) is 41.3. The zero-order valence-electron chi connectivity index (χ0n) is 29.0. The Kier molecular flexibility index (Phi) is 9.77. The summed E-state index contributed by atoms with van der Waals surface area (Å²) in [7, 11) is -1.34. The molecule has 3 aliphatic heterocycles. The second-order valence-corrected chi connectivity index (χ2v) is 17.3. The first-order valence-corrected chi connectivity index (χ1v) is 19.4. The van der Waals surface area contributed by atoms with Gasteiger partial charge in [0.05, 0.1) is 0 Å². The highest BCUT2D eigenvalue weighted by atomic mass is 28.3. The quantitative estimate of drug-likeness (QED) is 0.250. The number of fused-ring (bicyclic) bond motifs is 1. The molecule has 3 aromatic rings. The van der Waals surface area contributed by atoms with Crippen molar-refractivity contribution < 1.29 is 23.5 Å². The predicted octanol–water partition coefficient (Wildman–Crippen LogP) is 4.58. The topological polar surface area (TPSA) is 88.2 Å². The van der Waals surface area contributed by atoms with Gasteiger partial charge in [-0.15, -0.1) is 0 Å². The molecule has 0 spiro atoms. The smallest absolute Gasteiger partial charge is 0.283 e. The standard InChI is InChI=1S/C40H48N3O5Si/c1-40(2,3)29-12-15-34(16-13-29)49(33-10-5-4-6-11-33)48-32-21-27(22-32)24-42-20-8-7-9-30(42)26-47-31-14-17-35-28(23-31)25-43(39(35)46)36-18-19-37(44)41-38(36)45/h4-6,10-17,23,27,30,32,36H,7-9,18-22,24-26H2,1-3H3,(H,41,44,45)/t27?,30-,32?,36?/m1/s1. The van der Waals surface area contributed by atoms with E-state index in [9.17, 15) is 14.4 Å². The number of likely N-dealkylation sites (tertiary alicyclic amines) is 1. The summed E-state index contributed by atoms with van der Waals surface area (Å²) in [6.45, 7) is 9.90. The average molecular weight is 679 g/mol. The molecule has 9 heteroatoms. The molecule has 2 saturated heterocycles. The highest BCUT2D eigenvalue weighted by Gasteiger charge is 2.40. The number of amides is 3. The highest BCUT2D eigenvalue weighted by molar-refractivity contribution is 6.80. The molecule has 3 heterocycles. The number of benzene rings is 3. The monoisotopic (exact) mass is 678 g/mol. The molecule has 1 unspecified atom stereocenters. The van der Waals surface area contributed by atoms with Crippen LogP contribution in [0.5, 0.6) is 5.75 Å². The molecule has 8 nitrogen and oxygen atoms in total. The number of carbonyl (C=O) groups excluding carboxylic acids is 3. The van der Waals surface area contributed by atoms with Crippen LogP contribution in [0.3, 0.4) is 0 Å². The van der Waals surface area contributed by atoms with Gasteiger partial charge in [0.25, 0.3) is 14.9 Å². The third kappa shape index (κ3) is 7.54. The zero-order valence-corrected chi connectivity index (χ0v) is 30.0. The number of hydrogen-bond acceptors (Lipinski definition) is 6. The highest BCUT2D eigenvalue weighted by Crippen LogP contribution is 2.34. The van der Waals surface area contributed by atoms with Crippen molar-refractivity contribution in [3.63, 3.8) is 0 Å². The van der Waals surface area contributed by atoms with E-state index in [0.29, 0.717) is 37.1 Å². The number of nitrogens with zero attached hydrogens (tertiary/aromatic N) is 2. The molecule has 3 fully saturated rings. The molecule has 0 aromatic heterocycles. The van der Waals surface area contributed by atoms with Crippen molar-refractivity contribution in [2.75, 3.05) is 19.7 Å². The maximum Gasteiger partial charge on any atom is 0.283 e. The Hall–Kier alpha value is -3.79. The van der Waals surface area contributed by atoms with Crippen molar-refractivity contribution >= 4 is 37.1 Å². The maximum atomic E-state index is 13.1. The lowest BCUT2D eigenvalue weighted by Gasteiger charge is -2.43. The molecule has 49 heavy (non-hydrogen) atoms. The van der Waals surface area contributed by atoms with Gasteiger partial charge in [-0.2, -0.15) is 0 Å². The second-order valence-electron chi connectivity index (χ2n) is 15.3. The minimum atomic E-state index is -1.34. The summed E-state index contributed by atoms with van der Waals surface area (Å²) in [5.41, 5.74) is 2.95. The van der Waals surface area contributed by atoms with Crippen molar-refractivity contribution in [1.29, 1.82) is 0 Å². The molecular formula is C40H48N3O5Si. The Balaban J connectivity index is 0.930. The van der Waals surface area contributed by atoms with Crippen LogP contribution in [0.1, 0.15) is 87.2 Å². The van der Waals surface area contributed by atoms with Crippen LogP contribution in [-0.4, -0.2) is 74.4 Å². The Bertz CT molecular complexity index is 1670. The Morgan fingerprint density at radius 2 is 1.65 bits per heavy atom. The number of piperidine rings is 2. The summed E-state index contributed by atoms with van der Waals surface area (Å²) in [5, 5.41) is 4.97. The molecule has 0 bridgehead atoms. The van der Waals surface area contributed by atoms with Crippen LogP contribution in [-0.2, 0) is 26.0 Å². The zero-order chi connectivity index (χ0) is 34.1. The van der Waals surface area contributed by atoms with Crippen LogP contribution < -0.4 is 20.4 Å². The van der Waals surface area contributed by atoms with E-state index >= 15 is 0 Å². The van der Waals surface area contributed by atoms with Crippen molar-refractivity contribution in [2.45, 2.75) is 95.9 Å². The first kappa shape index (κ1) is 33.7. The average Bonchev–Trinajstić information content (AvgIpc) is 3.40. The molecule has 7 rings (SSSR count). The van der Waals surface area contributed by atoms with Gasteiger partial charge in [0.2, 0.25) is 11.8 Å². The molecule has 1 radical (unpaired) electrons. The van der Waals surface area contributed by atoms with Crippen molar-refractivity contribution in [3.8, 4) is 5.75 Å². The summed E-state index contributed by atoms with van der Waals surface area (Å²) in [5.74, 6) is 0.549. The lowest BCUT2D eigenvalue weighted by Crippen LogP contribution is -2.52. The van der Waals surface area contributed by atoms with Crippen molar-refractivity contribution in [3.05, 3.63) is 89.5 Å². The minimum Gasteiger partial charge on any atom is -0.492 e. The fourth-order valence-electron chi connectivity index (χ4n) is 7.75. The fourth-order valence-corrected chi connectivity index (χ4v) is 9.85. The van der Waals surface area contributed by atoms with Crippen LogP contribution in [0, 0.1) is 5.92 Å². The second kappa shape index (κ2) is 14.2. The summed E-state index contributed by atoms with van der Waals surface area (Å²) < 4.78 is 13.3. The van der Waals surface area contributed by atoms with Crippen LogP contribution in [0.2, 0.25) is 0 Å². The van der Waals surface area contributed by atoms with E-state index in [1.165, 1.54) is 28.8 Å². The molecule has 4 aliphatic rings. The Morgan fingerprint density at radius 3 is 2.39 bits per heavy atom.